The standard InChI is InChI=1S/C20H20N2O3/c1-14-7-9-15(10-8-14)13-21(2)18(23)11-12-22-19(24)16-5-3-4-6-17(16)20(22)25/h3-10H,11-13H2,1-2H3. The van der Waals surface area contributed by atoms with Crippen molar-refractivity contribution in [1.29, 1.82) is 0 Å². The summed E-state index contributed by atoms with van der Waals surface area (Å²) < 4.78 is 0. The summed E-state index contributed by atoms with van der Waals surface area (Å²) in [5, 5.41) is 0. The molecule has 0 spiro atoms. The molecule has 2 aromatic rings. The van der Waals surface area contributed by atoms with Gasteiger partial charge in [-0.1, -0.05) is 42.0 Å². The van der Waals surface area contributed by atoms with Crippen LogP contribution in [-0.2, 0) is 11.3 Å². The number of fused-ring (bicyclic) bond motifs is 1. The number of amides is 3. The van der Waals surface area contributed by atoms with Gasteiger partial charge in [-0.2, -0.15) is 0 Å². The average Bonchev–Trinajstić information content (AvgIpc) is 2.86. The maximum absolute atomic E-state index is 12.3. The summed E-state index contributed by atoms with van der Waals surface area (Å²) in [6.45, 7) is 2.62. The number of benzene rings is 2. The number of imide groups is 1. The third-order valence-electron chi connectivity index (χ3n) is 4.39. The predicted octanol–water partition coefficient (Wildman–Crippen LogP) is 2.64. The van der Waals surface area contributed by atoms with Crippen LogP contribution in [0, 0.1) is 6.92 Å². The second-order valence-corrected chi connectivity index (χ2v) is 6.29. The molecule has 0 unspecified atom stereocenters. The molecule has 0 bridgehead atoms. The van der Waals surface area contributed by atoms with E-state index in [1.165, 1.54) is 5.56 Å². The number of carbonyl (C=O) groups is 3. The number of rotatable bonds is 5. The van der Waals surface area contributed by atoms with Gasteiger partial charge >= 0.3 is 0 Å². The Morgan fingerprint density at radius 2 is 1.52 bits per heavy atom. The van der Waals surface area contributed by atoms with Crippen LogP contribution in [0.15, 0.2) is 48.5 Å². The lowest BCUT2D eigenvalue weighted by Gasteiger charge is -2.19. The SMILES string of the molecule is Cc1ccc(CN(C)C(=O)CCN2C(=O)c3ccccc3C2=O)cc1. The molecule has 0 N–H and O–H groups in total. The fourth-order valence-electron chi connectivity index (χ4n) is 2.90. The smallest absolute Gasteiger partial charge is 0.261 e. The molecular weight excluding hydrogens is 316 g/mol. The molecule has 2 aromatic carbocycles. The second kappa shape index (κ2) is 6.89. The van der Waals surface area contributed by atoms with Gasteiger partial charge in [0.2, 0.25) is 5.91 Å². The number of nitrogens with zero attached hydrogens (tertiary/aromatic N) is 2. The van der Waals surface area contributed by atoms with E-state index in [1.807, 2.05) is 31.2 Å². The molecule has 0 radical (unpaired) electrons. The Balaban J connectivity index is 1.58. The van der Waals surface area contributed by atoms with Crippen molar-refractivity contribution in [2.45, 2.75) is 19.9 Å². The van der Waals surface area contributed by atoms with Gasteiger partial charge in [-0.15, -0.1) is 0 Å². The predicted molar refractivity (Wildman–Crippen MR) is 94.1 cm³/mol. The molecule has 1 heterocycles. The molecule has 0 saturated heterocycles. The van der Waals surface area contributed by atoms with Gasteiger partial charge in [0, 0.05) is 26.6 Å². The van der Waals surface area contributed by atoms with Gasteiger partial charge in [0.1, 0.15) is 0 Å². The zero-order valence-corrected chi connectivity index (χ0v) is 14.4. The third-order valence-corrected chi connectivity index (χ3v) is 4.39. The van der Waals surface area contributed by atoms with Gasteiger partial charge in [-0.25, -0.2) is 0 Å². The monoisotopic (exact) mass is 336 g/mol. The van der Waals surface area contributed by atoms with Crippen molar-refractivity contribution in [2.75, 3.05) is 13.6 Å². The quantitative estimate of drug-likeness (QED) is 0.789. The van der Waals surface area contributed by atoms with Gasteiger partial charge in [-0.3, -0.25) is 19.3 Å². The van der Waals surface area contributed by atoms with Crippen LogP contribution in [0.4, 0.5) is 0 Å². The summed E-state index contributed by atoms with van der Waals surface area (Å²) in [4.78, 5) is 39.7. The number of hydrogen-bond donors (Lipinski definition) is 0. The summed E-state index contributed by atoms with van der Waals surface area (Å²) in [6, 6.07) is 14.7. The van der Waals surface area contributed by atoms with Crippen molar-refractivity contribution in [3.8, 4) is 0 Å². The molecule has 128 valence electrons. The molecule has 0 aromatic heterocycles. The number of hydrogen-bond acceptors (Lipinski definition) is 3. The maximum atomic E-state index is 12.3. The van der Waals surface area contributed by atoms with Gasteiger partial charge in [-0.05, 0) is 24.6 Å². The van der Waals surface area contributed by atoms with Gasteiger partial charge in [0.25, 0.3) is 11.8 Å². The summed E-state index contributed by atoms with van der Waals surface area (Å²) >= 11 is 0. The van der Waals surface area contributed by atoms with Crippen LogP contribution in [-0.4, -0.2) is 41.1 Å². The molecule has 0 atom stereocenters. The molecule has 5 nitrogen and oxygen atoms in total. The largest absolute Gasteiger partial charge is 0.341 e. The van der Waals surface area contributed by atoms with E-state index < -0.39 is 0 Å². The molecule has 0 saturated carbocycles. The topological polar surface area (TPSA) is 57.7 Å². The van der Waals surface area contributed by atoms with Crippen LogP contribution < -0.4 is 0 Å². The van der Waals surface area contributed by atoms with Crippen LogP contribution in [0.2, 0.25) is 0 Å². The lowest BCUT2D eigenvalue weighted by molar-refractivity contribution is -0.130. The lowest BCUT2D eigenvalue weighted by atomic mass is 10.1. The van der Waals surface area contributed by atoms with Gasteiger partial charge in [0.15, 0.2) is 0 Å². The summed E-state index contributed by atoms with van der Waals surface area (Å²) in [7, 11) is 1.73. The summed E-state index contributed by atoms with van der Waals surface area (Å²) in [6.07, 6.45) is 0.119. The number of aryl methyl sites for hydroxylation is 1. The van der Waals surface area contributed by atoms with Crippen LogP contribution in [0.3, 0.4) is 0 Å². The lowest BCUT2D eigenvalue weighted by Crippen LogP contribution is -2.35. The molecule has 25 heavy (non-hydrogen) atoms. The molecule has 1 aliphatic rings. The van der Waals surface area contributed by atoms with Crippen molar-refractivity contribution in [3.05, 3.63) is 70.8 Å². The third kappa shape index (κ3) is 3.45. The molecule has 3 amide bonds. The van der Waals surface area contributed by atoms with E-state index in [9.17, 15) is 14.4 Å². The Hall–Kier alpha value is -2.95. The van der Waals surface area contributed by atoms with Crippen molar-refractivity contribution < 1.29 is 14.4 Å². The van der Waals surface area contributed by atoms with E-state index in [1.54, 1.807) is 36.2 Å². The van der Waals surface area contributed by atoms with Crippen LogP contribution >= 0.6 is 0 Å². The second-order valence-electron chi connectivity index (χ2n) is 6.29. The van der Waals surface area contributed by atoms with E-state index >= 15 is 0 Å². The van der Waals surface area contributed by atoms with Crippen molar-refractivity contribution in [1.82, 2.24) is 9.80 Å². The van der Waals surface area contributed by atoms with E-state index in [2.05, 4.69) is 0 Å². The Morgan fingerprint density at radius 1 is 0.960 bits per heavy atom. The van der Waals surface area contributed by atoms with Crippen LogP contribution in [0.5, 0.6) is 0 Å². The minimum atomic E-state index is -0.324. The molecule has 5 heteroatoms. The van der Waals surface area contributed by atoms with Crippen LogP contribution in [0.25, 0.3) is 0 Å². The highest BCUT2D eigenvalue weighted by molar-refractivity contribution is 6.21. The zero-order chi connectivity index (χ0) is 18.0. The van der Waals surface area contributed by atoms with Crippen molar-refractivity contribution in [3.63, 3.8) is 0 Å². The average molecular weight is 336 g/mol. The van der Waals surface area contributed by atoms with Gasteiger partial charge in [0.05, 0.1) is 11.1 Å². The van der Waals surface area contributed by atoms with E-state index in [-0.39, 0.29) is 30.7 Å². The Kier molecular flexibility index (Phi) is 4.65. The highest BCUT2D eigenvalue weighted by Gasteiger charge is 2.35. The van der Waals surface area contributed by atoms with Crippen molar-refractivity contribution >= 4 is 17.7 Å². The normalized spacial score (nSPS) is 13.1. The Labute approximate surface area is 146 Å². The first-order chi connectivity index (χ1) is 12.0. The summed E-state index contributed by atoms with van der Waals surface area (Å²) in [5.41, 5.74) is 3.03. The molecule has 0 aliphatic carbocycles. The first-order valence-corrected chi connectivity index (χ1v) is 8.22. The van der Waals surface area contributed by atoms with Crippen molar-refractivity contribution in [2.24, 2.45) is 0 Å². The Morgan fingerprint density at radius 3 is 2.08 bits per heavy atom. The molecule has 1 aliphatic heterocycles. The minimum Gasteiger partial charge on any atom is -0.341 e. The Bertz CT molecular complexity index is 792. The van der Waals surface area contributed by atoms with E-state index in [4.69, 9.17) is 0 Å². The highest BCUT2D eigenvalue weighted by atomic mass is 16.2. The van der Waals surface area contributed by atoms with E-state index in [0.717, 1.165) is 10.5 Å². The zero-order valence-electron chi connectivity index (χ0n) is 14.4. The van der Waals surface area contributed by atoms with Crippen LogP contribution in [0.1, 0.15) is 38.3 Å². The minimum absolute atomic E-state index is 0.0999. The first kappa shape index (κ1) is 16.9. The first-order valence-electron chi connectivity index (χ1n) is 8.22. The molecular formula is C20H20N2O3. The molecule has 3 rings (SSSR count). The van der Waals surface area contributed by atoms with Gasteiger partial charge < -0.3 is 4.90 Å². The summed E-state index contributed by atoms with van der Waals surface area (Å²) in [5.74, 6) is -0.749. The fraction of sp³-hybridized carbons (Fsp3) is 0.250. The molecule has 0 fully saturated rings. The highest BCUT2D eigenvalue weighted by Crippen LogP contribution is 2.22. The number of carbonyl (C=O) groups excluding carboxylic acids is 3. The van der Waals surface area contributed by atoms with E-state index in [0.29, 0.717) is 17.7 Å². The maximum Gasteiger partial charge on any atom is 0.261 e. The fourth-order valence-corrected chi connectivity index (χ4v) is 2.90.